The van der Waals surface area contributed by atoms with Crippen molar-refractivity contribution in [3.8, 4) is 0 Å². The van der Waals surface area contributed by atoms with Crippen LogP contribution in [0.4, 0.5) is 0 Å². The Morgan fingerprint density at radius 2 is 1.82 bits per heavy atom. The van der Waals surface area contributed by atoms with Gasteiger partial charge in [-0.05, 0) is 36.5 Å². The number of nitrogens with one attached hydrogen (secondary N) is 1. The van der Waals surface area contributed by atoms with E-state index < -0.39 is 0 Å². The van der Waals surface area contributed by atoms with Gasteiger partial charge in [-0.2, -0.15) is 0 Å². The van der Waals surface area contributed by atoms with Crippen molar-refractivity contribution in [3.63, 3.8) is 0 Å². The predicted molar refractivity (Wildman–Crippen MR) is 73.4 cm³/mol. The molecule has 0 saturated heterocycles. The number of hydrazine groups is 1. The van der Waals surface area contributed by atoms with E-state index in [1.807, 2.05) is 0 Å². The molecule has 0 amide bonds. The SMILES string of the molecule is CC1(C)CCCC1C(CC1CCCCC1)NN. The summed E-state index contributed by atoms with van der Waals surface area (Å²) in [6.07, 6.45) is 12.6. The molecule has 2 nitrogen and oxygen atoms in total. The zero-order valence-electron chi connectivity index (χ0n) is 11.7. The average Bonchev–Trinajstić information content (AvgIpc) is 2.67. The van der Waals surface area contributed by atoms with Crippen LogP contribution in [0.15, 0.2) is 0 Å². The van der Waals surface area contributed by atoms with Gasteiger partial charge in [0.25, 0.3) is 0 Å². The second-order valence-corrected chi connectivity index (χ2v) is 7.00. The first kappa shape index (κ1) is 13.4. The lowest BCUT2D eigenvalue weighted by Gasteiger charge is -2.36. The molecule has 0 aromatic heterocycles. The minimum absolute atomic E-state index is 0.492. The molecule has 2 heteroatoms. The summed E-state index contributed by atoms with van der Waals surface area (Å²) >= 11 is 0. The molecule has 0 heterocycles. The quantitative estimate of drug-likeness (QED) is 0.580. The zero-order chi connectivity index (χ0) is 12.3. The van der Waals surface area contributed by atoms with E-state index in [2.05, 4.69) is 19.3 Å². The number of hydrogen-bond acceptors (Lipinski definition) is 2. The van der Waals surface area contributed by atoms with E-state index in [0.29, 0.717) is 11.5 Å². The lowest BCUT2D eigenvalue weighted by Crippen LogP contribution is -2.45. The standard InChI is InChI=1S/C15H30N2/c1-15(2)10-6-9-13(15)14(17-16)11-12-7-4-3-5-8-12/h12-14,17H,3-11,16H2,1-2H3. The van der Waals surface area contributed by atoms with Crippen molar-refractivity contribution in [2.75, 3.05) is 0 Å². The second-order valence-electron chi connectivity index (χ2n) is 7.00. The predicted octanol–water partition coefficient (Wildman–Crippen LogP) is 3.62. The van der Waals surface area contributed by atoms with E-state index in [1.165, 1.54) is 57.8 Å². The van der Waals surface area contributed by atoms with E-state index >= 15 is 0 Å². The lowest BCUT2D eigenvalue weighted by atomic mass is 9.73. The van der Waals surface area contributed by atoms with Crippen LogP contribution >= 0.6 is 0 Å². The van der Waals surface area contributed by atoms with Crippen LogP contribution in [-0.4, -0.2) is 6.04 Å². The van der Waals surface area contributed by atoms with E-state index in [4.69, 9.17) is 5.84 Å². The normalized spacial score (nSPS) is 31.6. The maximum Gasteiger partial charge on any atom is 0.0246 e. The summed E-state index contributed by atoms with van der Waals surface area (Å²) in [5, 5.41) is 0. The Hall–Kier alpha value is -0.0800. The van der Waals surface area contributed by atoms with Gasteiger partial charge >= 0.3 is 0 Å². The molecule has 0 aromatic rings. The first-order valence-corrected chi connectivity index (χ1v) is 7.59. The van der Waals surface area contributed by atoms with E-state index in [1.54, 1.807) is 0 Å². The Kier molecular flexibility index (Phi) is 4.48. The summed E-state index contributed by atoms with van der Waals surface area (Å²) < 4.78 is 0. The van der Waals surface area contributed by atoms with Crippen molar-refractivity contribution in [1.82, 2.24) is 5.43 Å². The highest BCUT2D eigenvalue weighted by Crippen LogP contribution is 2.46. The van der Waals surface area contributed by atoms with Crippen molar-refractivity contribution in [1.29, 1.82) is 0 Å². The molecule has 2 fully saturated rings. The molecule has 0 aliphatic heterocycles. The monoisotopic (exact) mass is 238 g/mol. The molecular formula is C15H30N2. The lowest BCUT2D eigenvalue weighted by molar-refractivity contribution is 0.164. The highest BCUT2D eigenvalue weighted by molar-refractivity contribution is 4.92. The fourth-order valence-electron chi connectivity index (χ4n) is 4.23. The van der Waals surface area contributed by atoms with Gasteiger partial charge in [0.1, 0.15) is 0 Å². The molecule has 2 aliphatic carbocycles. The fourth-order valence-corrected chi connectivity index (χ4v) is 4.23. The fraction of sp³-hybridized carbons (Fsp3) is 1.00. The largest absolute Gasteiger partial charge is 0.271 e. The molecule has 2 unspecified atom stereocenters. The molecule has 2 saturated carbocycles. The van der Waals surface area contributed by atoms with Gasteiger partial charge in [0, 0.05) is 6.04 Å². The van der Waals surface area contributed by atoms with Crippen LogP contribution in [-0.2, 0) is 0 Å². The van der Waals surface area contributed by atoms with Crippen LogP contribution in [0.5, 0.6) is 0 Å². The van der Waals surface area contributed by atoms with Crippen LogP contribution in [0.2, 0.25) is 0 Å². The van der Waals surface area contributed by atoms with Crippen LogP contribution in [0, 0.1) is 17.3 Å². The van der Waals surface area contributed by atoms with Crippen LogP contribution in [0.3, 0.4) is 0 Å². The van der Waals surface area contributed by atoms with Gasteiger partial charge in [-0.1, -0.05) is 52.4 Å². The molecule has 2 rings (SSSR count). The van der Waals surface area contributed by atoms with Crippen LogP contribution < -0.4 is 11.3 Å². The molecule has 17 heavy (non-hydrogen) atoms. The third-order valence-electron chi connectivity index (χ3n) is 5.35. The van der Waals surface area contributed by atoms with E-state index in [0.717, 1.165) is 11.8 Å². The average molecular weight is 238 g/mol. The third-order valence-corrected chi connectivity index (χ3v) is 5.35. The summed E-state index contributed by atoms with van der Waals surface area (Å²) in [4.78, 5) is 0. The zero-order valence-corrected chi connectivity index (χ0v) is 11.7. The van der Waals surface area contributed by atoms with Gasteiger partial charge < -0.3 is 0 Å². The van der Waals surface area contributed by atoms with E-state index in [-0.39, 0.29) is 0 Å². The van der Waals surface area contributed by atoms with Crippen molar-refractivity contribution >= 4 is 0 Å². The van der Waals surface area contributed by atoms with Gasteiger partial charge in [-0.15, -0.1) is 0 Å². The van der Waals surface area contributed by atoms with E-state index in [9.17, 15) is 0 Å². The maximum atomic E-state index is 5.84. The van der Waals surface area contributed by atoms with Crippen molar-refractivity contribution in [2.24, 2.45) is 23.1 Å². The minimum Gasteiger partial charge on any atom is -0.271 e. The number of nitrogens with two attached hydrogens (primary N) is 1. The molecular weight excluding hydrogens is 208 g/mol. The van der Waals surface area contributed by atoms with Crippen molar-refractivity contribution in [2.45, 2.75) is 77.7 Å². The summed E-state index contributed by atoms with van der Waals surface area (Å²) in [6, 6.07) is 0.551. The molecule has 0 aromatic carbocycles. The Bertz CT molecular complexity index is 231. The third kappa shape index (κ3) is 3.23. The summed E-state index contributed by atoms with van der Waals surface area (Å²) in [5.41, 5.74) is 3.64. The highest BCUT2D eigenvalue weighted by atomic mass is 15.2. The Balaban J connectivity index is 1.91. The van der Waals surface area contributed by atoms with Gasteiger partial charge in [0.2, 0.25) is 0 Å². The molecule has 0 radical (unpaired) electrons. The first-order chi connectivity index (χ1) is 8.13. The minimum atomic E-state index is 0.492. The van der Waals surface area contributed by atoms with Crippen LogP contribution in [0.1, 0.15) is 71.6 Å². The first-order valence-electron chi connectivity index (χ1n) is 7.59. The number of rotatable bonds is 4. The summed E-state index contributed by atoms with van der Waals surface area (Å²) in [7, 11) is 0. The van der Waals surface area contributed by atoms with Crippen molar-refractivity contribution in [3.05, 3.63) is 0 Å². The van der Waals surface area contributed by atoms with Crippen molar-refractivity contribution < 1.29 is 0 Å². The smallest absolute Gasteiger partial charge is 0.0246 e. The maximum absolute atomic E-state index is 5.84. The van der Waals surface area contributed by atoms with Gasteiger partial charge in [-0.25, -0.2) is 0 Å². The molecule has 3 N–H and O–H groups in total. The Morgan fingerprint density at radius 1 is 1.12 bits per heavy atom. The molecule has 0 spiro atoms. The topological polar surface area (TPSA) is 38.0 Å². The molecule has 0 bridgehead atoms. The van der Waals surface area contributed by atoms with Gasteiger partial charge in [0.15, 0.2) is 0 Å². The Labute approximate surface area is 107 Å². The summed E-state index contributed by atoms with van der Waals surface area (Å²) in [6.45, 7) is 4.85. The molecule has 2 atom stereocenters. The summed E-state index contributed by atoms with van der Waals surface area (Å²) in [5.74, 6) is 7.56. The van der Waals surface area contributed by atoms with Gasteiger partial charge in [-0.3, -0.25) is 11.3 Å². The second kappa shape index (κ2) is 5.71. The molecule has 2 aliphatic rings. The highest BCUT2D eigenvalue weighted by Gasteiger charge is 2.39. The molecule has 100 valence electrons. The van der Waals surface area contributed by atoms with Gasteiger partial charge in [0.05, 0.1) is 0 Å². The Morgan fingerprint density at radius 3 is 2.35 bits per heavy atom. The number of hydrogen-bond donors (Lipinski definition) is 2. The van der Waals surface area contributed by atoms with Crippen LogP contribution in [0.25, 0.3) is 0 Å².